The van der Waals surface area contributed by atoms with E-state index >= 15 is 0 Å². The third-order valence-corrected chi connectivity index (χ3v) is 8.79. The van der Waals surface area contributed by atoms with Crippen LogP contribution in [0.5, 0.6) is 11.5 Å². The number of hydrogen-bond donors (Lipinski definition) is 1. The average molecular weight is 650 g/mol. The Morgan fingerprint density at radius 1 is 1.09 bits per heavy atom. The molecule has 0 unspecified atom stereocenters. The topological polar surface area (TPSA) is 124 Å². The molecule has 2 amide bonds. The second-order valence-corrected chi connectivity index (χ2v) is 13.9. The minimum atomic E-state index is -5.93. The van der Waals surface area contributed by atoms with Gasteiger partial charge in [-0.1, -0.05) is 12.1 Å². The molecule has 14 heteroatoms. The monoisotopic (exact) mass is 649 g/mol. The molecule has 0 spiro atoms. The highest BCUT2D eigenvalue weighted by Crippen LogP contribution is 2.49. The van der Waals surface area contributed by atoms with Crippen LogP contribution in [0.15, 0.2) is 48.7 Å². The summed E-state index contributed by atoms with van der Waals surface area (Å²) >= 11 is 0. The SMILES string of the molecule is Cc1ccc(O[C@@H](C)[C@@H]2CCN2C(=O)OC(C)(C)C)cc1C(=O)NC1(c2cc(OS(=O)(=O)C(F)(F)F)cc3ncccc23)CC1. The van der Waals surface area contributed by atoms with Gasteiger partial charge in [-0.15, -0.1) is 0 Å². The quantitative estimate of drug-likeness (QED) is 0.234. The zero-order valence-electron chi connectivity index (χ0n) is 25.4. The van der Waals surface area contributed by atoms with Crippen LogP contribution in [0.4, 0.5) is 18.0 Å². The van der Waals surface area contributed by atoms with Gasteiger partial charge in [0.1, 0.15) is 23.2 Å². The Kier molecular flexibility index (Phi) is 8.17. The summed E-state index contributed by atoms with van der Waals surface area (Å²) in [5.41, 5.74) is -5.67. The molecule has 2 atom stereocenters. The molecule has 2 aromatic carbocycles. The summed E-state index contributed by atoms with van der Waals surface area (Å²) in [6.45, 7) is 9.54. The van der Waals surface area contributed by atoms with Crippen molar-refractivity contribution in [2.45, 2.75) is 82.7 Å². The maximum Gasteiger partial charge on any atom is 0.534 e. The zero-order valence-corrected chi connectivity index (χ0v) is 26.2. The number of rotatable bonds is 8. The van der Waals surface area contributed by atoms with Crippen LogP contribution in [0, 0.1) is 6.92 Å². The van der Waals surface area contributed by atoms with E-state index in [2.05, 4.69) is 14.5 Å². The first-order valence-corrected chi connectivity index (χ1v) is 15.8. The minimum absolute atomic E-state index is 0.203. The number of benzene rings is 2. The van der Waals surface area contributed by atoms with Gasteiger partial charge in [0.2, 0.25) is 0 Å². The van der Waals surface area contributed by atoms with Gasteiger partial charge >= 0.3 is 21.7 Å². The Labute approximate surface area is 259 Å². The third kappa shape index (κ3) is 6.80. The number of ether oxygens (including phenoxy) is 2. The molecule has 3 aromatic rings. The summed E-state index contributed by atoms with van der Waals surface area (Å²) in [4.78, 5) is 32.0. The van der Waals surface area contributed by atoms with E-state index in [1.807, 2.05) is 6.92 Å². The highest BCUT2D eigenvalue weighted by atomic mass is 32.2. The number of carbonyl (C=O) groups excluding carboxylic acids is 2. The van der Waals surface area contributed by atoms with Gasteiger partial charge in [-0.2, -0.15) is 21.6 Å². The van der Waals surface area contributed by atoms with E-state index in [1.54, 1.807) is 62.9 Å². The van der Waals surface area contributed by atoms with Gasteiger partial charge < -0.3 is 23.9 Å². The smallest absolute Gasteiger partial charge is 0.489 e. The first-order valence-electron chi connectivity index (χ1n) is 14.4. The number of hydrogen-bond acceptors (Lipinski definition) is 8. The molecule has 10 nitrogen and oxygen atoms in total. The van der Waals surface area contributed by atoms with Crippen molar-refractivity contribution in [3.63, 3.8) is 0 Å². The summed E-state index contributed by atoms with van der Waals surface area (Å²) in [5, 5.41) is 3.54. The van der Waals surface area contributed by atoms with E-state index in [9.17, 15) is 31.2 Å². The fourth-order valence-electron chi connectivity index (χ4n) is 5.30. The number of fused-ring (bicyclic) bond motifs is 1. The standard InChI is InChI=1S/C31H34F3N3O7S/c1-18-8-9-20(42-19(2)26-10-14-37(26)28(39)43-29(3,4)5)15-23(18)27(38)36-30(11-12-30)24-16-21(44-45(40,41)31(32,33)34)17-25-22(24)7-6-13-35-25/h6-9,13,15-17,19,26H,10-12,14H2,1-5H3,(H,36,38)/t19-,26-/m0/s1. The van der Waals surface area contributed by atoms with E-state index in [1.165, 1.54) is 12.3 Å². The van der Waals surface area contributed by atoms with Gasteiger partial charge in [0.25, 0.3) is 5.91 Å². The average Bonchev–Trinajstić information content (AvgIpc) is 3.66. The molecule has 1 saturated heterocycles. The Hall–Kier alpha value is -4.07. The Morgan fingerprint density at radius 3 is 2.40 bits per heavy atom. The summed E-state index contributed by atoms with van der Waals surface area (Å²) in [6, 6.07) is 10.5. The number of amides is 2. The van der Waals surface area contributed by atoms with Crippen molar-refractivity contribution in [3.05, 3.63) is 65.4 Å². The normalized spacial score (nSPS) is 18.5. The molecule has 0 radical (unpaired) electrons. The summed E-state index contributed by atoms with van der Waals surface area (Å²) in [7, 11) is -5.93. The van der Waals surface area contributed by atoms with Crippen LogP contribution in [0.1, 0.15) is 68.4 Å². The van der Waals surface area contributed by atoms with Gasteiger partial charge in [-0.3, -0.25) is 9.78 Å². The van der Waals surface area contributed by atoms with Crippen molar-refractivity contribution in [2.75, 3.05) is 6.54 Å². The Morgan fingerprint density at radius 2 is 1.80 bits per heavy atom. The molecule has 2 fully saturated rings. The molecule has 1 N–H and O–H groups in total. The first kappa shape index (κ1) is 32.3. The second-order valence-electron chi connectivity index (χ2n) is 12.4. The van der Waals surface area contributed by atoms with Gasteiger partial charge in [-0.05, 0) is 89.3 Å². The fraction of sp³-hybridized carbons (Fsp3) is 0.452. The lowest BCUT2D eigenvalue weighted by Crippen LogP contribution is -2.58. The van der Waals surface area contributed by atoms with E-state index in [0.717, 1.165) is 12.5 Å². The van der Waals surface area contributed by atoms with Gasteiger partial charge in [-0.25, -0.2) is 4.79 Å². The van der Waals surface area contributed by atoms with Gasteiger partial charge in [0.05, 0.1) is 17.1 Å². The van der Waals surface area contributed by atoms with Gasteiger partial charge in [0, 0.05) is 29.8 Å². The number of aromatic nitrogens is 1. The Bertz CT molecular complexity index is 1750. The van der Waals surface area contributed by atoms with Crippen LogP contribution in [-0.2, 0) is 20.4 Å². The molecule has 2 heterocycles. The minimum Gasteiger partial charge on any atom is -0.489 e. The molecule has 45 heavy (non-hydrogen) atoms. The lowest BCUT2D eigenvalue weighted by molar-refractivity contribution is -0.0500. The maximum atomic E-state index is 13.7. The predicted octanol–water partition coefficient (Wildman–Crippen LogP) is 5.97. The van der Waals surface area contributed by atoms with Crippen LogP contribution >= 0.6 is 0 Å². The van der Waals surface area contributed by atoms with Crippen LogP contribution in [0.25, 0.3) is 10.9 Å². The molecule has 0 bridgehead atoms. The summed E-state index contributed by atoms with van der Waals surface area (Å²) in [5.74, 6) is -0.596. The zero-order chi connectivity index (χ0) is 32.9. The molecule has 1 aromatic heterocycles. The first-order chi connectivity index (χ1) is 20.9. The largest absolute Gasteiger partial charge is 0.534 e. The number of alkyl halides is 3. The molecule has 5 rings (SSSR count). The maximum absolute atomic E-state index is 13.7. The van der Waals surface area contributed by atoms with E-state index in [-0.39, 0.29) is 11.6 Å². The van der Waals surface area contributed by atoms with E-state index in [0.29, 0.717) is 47.2 Å². The fourth-order valence-corrected chi connectivity index (χ4v) is 5.74. The number of aryl methyl sites for hydroxylation is 1. The molecule has 1 aliphatic heterocycles. The number of likely N-dealkylation sites (tertiary alicyclic amines) is 1. The lowest BCUT2D eigenvalue weighted by atomic mass is 9.97. The highest BCUT2D eigenvalue weighted by Gasteiger charge is 2.50. The van der Waals surface area contributed by atoms with Crippen LogP contribution in [0.2, 0.25) is 0 Å². The van der Waals surface area contributed by atoms with Crippen LogP contribution in [0.3, 0.4) is 0 Å². The van der Waals surface area contributed by atoms with Crippen molar-refractivity contribution < 1.29 is 44.8 Å². The Balaban J connectivity index is 1.36. The van der Waals surface area contributed by atoms with E-state index in [4.69, 9.17) is 9.47 Å². The van der Waals surface area contributed by atoms with Crippen molar-refractivity contribution >= 4 is 33.0 Å². The molecule has 2 aliphatic rings. The summed E-state index contributed by atoms with van der Waals surface area (Å²) < 4.78 is 78.7. The number of carbonyl (C=O) groups is 2. The second kappa shape index (κ2) is 11.4. The lowest BCUT2D eigenvalue weighted by Gasteiger charge is -2.44. The number of nitrogens with zero attached hydrogens (tertiary/aromatic N) is 2. The molecule has 1 aliphatic carbocycles. The number of nitrogens with one attached hydrogen (secondary N) is 1. The summed E-state index contributed by atoms with van der Waals surface area (Å²) in [6.07, 6.45) is 2.24. The van der Waals surface area contributed by atoms with Crippen molar-refractivity contribution in [1.82, 2.24) is 15.2 Å². The number of halogens is 3. The van der Waals surface area contributed by atoms with Crippen LogP contribution < -0.4 is 14.2 Å². The van der Waals surface area contributed by atoms with Crippen molar-refractivity contribution in [3.8, 4) is 11.5 Å². The van der Waals surface area contributed by atoms with Gasteiger partial charge in [0.15, 0.2) is 0 Å². The molecular formula is C31H34F3N3O7S. The third-order valence-electron chi connectivity index (χ3n) is 7.81. The molecule has 1 saturated carbocycles. The molecular weight excluding hydrogens is 615 g/mol. The van der Waals surface area contributed by atoms with Crippen molar-refractivity contribution in [1.29, 1.82) is 0 Å². The number of pyridine rings is 1. The predicted molar refractivity (Wildman–Crippen MR) is 158 cm³/mol. The van der Waals surface area contributed by atoms with Crippen LogP contribution in [-0.4, -0.2) is 60.1 Å². The highest BCUT2D eigenvalue weighted by molar-refractivity contribution is 7.88. The van der Waals surface area contributed by atoms with Crippen molar-refractivity contribution in [2.24, 2.45) is 0 Å². The molecule has 242 valence electrons. The van der Waals surface area contributed by atoms with E-state index < -0.39 is 50.6 Å².